The summed E-state index contributed by atoms with van der Waals surface area (Å²) in [5.74, 6) is -4.61. The van der Waals surface area contributed by atoms with Crippen molar-refractivity contribution >= 4 is 23.6 Å². The second kappa shape index (κ2) is 19.1. The number of pyridine rings is 1. The maximum absolute atomic E-state index is 14.4. The van der Waals surface area contributed by atoms with Gasteiger partial charge in [-0.1, -0.05) is 32.9 Å². The van der Waals surface area contributed by atoms with Crippen molar-refractivity contribution in [3.05, 3.63) is 37.1 Å². The van der Waals surface area contributed by atoms with Gasteiger partial charge in [-0.15, -0.1) is 0 Å². The molecule has 3 N–H and O–H groups in total. The molecule has 0 aliphatic carbocycles. The first-order valence-corrected chi connectivity index (χ1v) is 20.7. The van der Waals surface area contributed by atoms with Gasteiger partial charge in [0.25, 0.3) is 0 Å². The van der Waals surface area contributed by atoms with Gasteiger partial charge in [0.15, 0.2) is 17.7 Å². The van der Waals surface area contributed by atoms with Crippen molar-refractivity contribution in [3.8, 4) is 11.3 Å². The molecule has 2 aromatic heterocycles. The van der Waals surface area contributed by atoms with Crippen LogP contribution in [0.1, 0.15) is 81.1 Å². The Labute approximate surface area is 347 Å². The normalized spacial score (nSPS) is 37.0. The zero-order valence-corrected chi connectivity index (χ0v) is 36.4. The van der Waals surface area contributed by atoms with Crippen LogP contribution in [0.3, 0.4) is 0 Å². The molecule has 2 aromatic rings. The van der Waals surface area contributed by atoms with Crippen LogP contribution in [0, 0.1) is 23.7 Å². The van der Waals surface area contributed by atoms with E-state index in [1.165, 1.54) is 19.0 Å². The largest absolute Gasteiger partial charge is 0.458 e. The first-order chi connectivity index (χ1) is 27.9. The molecule has 59 heavy (non-hydrogen) atoms. The van der Waals surface area contributed by atoms with E-state index in [1.807, 2.05) is 69.6 Å². The average Bonchev–Trinajstić information content (AvgIpc) is 3.79. The quantitative estimate of drug-likeness (QED) is 0.0952. The molecular formula is C42H65N7O10. The lowest BCUT2D eigenvalue weighted by molar-refractivity contribution is -0.295. The minimum atomic E-state index is -1.44. The summed E-state index contributed by atoms with van der Waals surface area (Å²) in [6, 6.07) is 2.67. The Balaban J connectivity index is 1.46. The standard InChI is InChI=1S/C42H65N7O10/c1-12-32-42(8)36(49(40(53)59-42)45-17-14-18-48-22-30(44-23-48)29-15-13-16-43-21-29)26(4)33(46-54)24(2)20-41(7,55-11)37(27(5)34(50)28(6)38(52)57-32)58-39-35(51)31(47(9)10)19-25(3)56-39/h13,15-16,21-28,31-32,35-37,39,45,51,54H,12,14,17-20H2,1-11H3/b46-33+/t24-,25-,26+,27+,28-,31+,32-,35-,36-,37-,39+,41-,42-/m1/s1. The van der Waals surface area contributed by atoms with Crippen molar-refractivity contribution in [2.45, 2.75) is 142 Å². The number of hydrazine groups is 1. The number of aliphatic hydroxyl groups excluding tert-OH is 1. The number of cyclic esters (lactones) is 1. The number of carbonyl (C=O) groups is 3. The third-order valence-electron chi connectivity index (χ3n) is 12.7. The number of ether oxygens (including phenoxy) is 5. The van der Waals surface area contributed by atoms with Gasteiger partial charge in [-0.3, -0.25) is 14.6 Å². The highest BCUT2D eigenvalue weighted by molar-refractivity contribution is 6.00. The molecule has 17 heteroatoms. The lowest BCUT2D eigenvalue weighted by atomic mass is 9.73. The summed E-state index contributed by atoms with van der Waals surface area (Å²) in [6.45, 7) is 15.1. The van der Waals surface area contributed by atoms with E-state index in [0.29, 0.717) is 31.6 Å². The number of aromatic nitrogens is 3. The van der Waals surface area contributed by atoms with E-state index in [-0.39, 0.29) is 25.0 Å². The maximum atomic E-state index is 14.4. The Kier molecular flexibility index (Phi) is 15.0. The smallest absolute Gasteiger partial charge is 0.425 e. The molecule has 17 nitrogen and oxygen atoms in total. The summed E-state index contributed by atoms with van der Waals surface area (Å²) in [6.07, 6.45) is 3.60. The number of hydrogen-bond acceptors (Lipinski definition) is 15. The summed E-state index contributed by atoms with van der Waals surface area (Å²) in [4.78, 5) is 52.8. The number of nitrogens with zero attached hydrogens (tertiary/aromatic N) is 6. The minimum absolute atomic E-state index is 0.179. The molecule has 3 aliphatic rings. The first kappa shape index (κ1) is 46.1. The van der Waals surface area contributed by atoms with Crippen molar-refractivity contribution in [2.75, 3.05) is 27.7 Å². The zero-order valence-electron chi connectivity index (χ0n) is 36.4. The van der Waals surface area contributed by atoms with E-state index in [1.54, 1.807) is 39.5 Å². The number of hydrogen-bond donors (Lipinski definition) is 3. The number of ketones is 1. The van der Waals surface area contributed by atoms with Crippen LogP contribution in [0.5, 0.6) is 0 Å². The molecule has 5 rings (SSSR count). The SMILES string of the molecule is CC[C@H]1OC(=O)[C@H](C)C(=O)[C@H](C)[C@@H](O[C@@H]2O[C@H](C)C[C@H](N(C)C)[C@H]2O)[C@](C)(OC)C[C@@H](C)/C(=N\O)[C@H](C)[C@H]2N(NCCCn3cnc(-c4cccnc4)c3)C(=O)O[C@]12C. The van der Waals surface area contributed by atoms with E-state index in [9.17, 15) is 24.7 Å². The number of nitrogens with one attached hydrogen (secondary N) is 1. The molecule has 3 aliphatic heterocycles. The second-order valence-electron chi connectivity index (χ2n) is 17.2. The van der Waals surface area contributed by atoms with Gasteiger partial charge >= 0.3 is 12.1 Å². The van der Waals surface area contributed by atoms with E-state index in [4.69, 9.17) is 23.7 Å². The fourth-order valence-corrected chi connectivity index (χ4v) is 9.34. The molecule has 0 saturated carbocycles. The summed E-state index contributed by atoms with van der Waals surface area (Å²) >= 11 is 0. The molecule has 0 spiro atoms. The molecule has 3 saturated heterocycles. The third kappa shape index (κ3) is 9.65. The van der Waals surface area contributed by atoms with E-state index < -0.39 is 83.4 Å². The fraction of sp³-hybridized carbons (Fsp3) is 0.714. The lowest BCUT2D eigenvalue weighted by Crippen LogP contribution is -2.61. The monoisotopic (exact) mass is 827 g/mol. The molecule has 0 bridgehead atoms. The molecule has 0 aromatic carbocycles. The highest BCUT2D eigenvalue weighted by atomic mass is 16.7. The van der Waals surface area contributed by atoms with E-state index in [2.05, 4.69) is 20.5 Å². The van der Waals surface area contributed by atoms with Crippen LogP contribution in [0.15, 0.2) is 42.2 Å². The second-order valence-corrected chi connectivity index (χ2v) is 17.2. The number of fused-ring (bicyclic) bond motifs is 1. The van der Waals surface area contributed by atoms with Crippen LogP contribution in [0.2, 0.25) is 0 Å². The van der Waals surface area contributed by atoms with Gasteiger partial charge in [-0.25, -0.2) is 20.2 Å². The Morgan fingerprint density at radius 3 is 2.47 bits per heavy atom. The predicted molar refractivity (Wildman–Crippen MR) is 217 cm³/mol. The zero-order chi connectivity index (χ0) is 43.4. The average molecular weight is 828 g/mol. The van der Waals surface area contributed by atoms with Crippen molar-refractivity contribution in [1.82, 2.24) is 29.9 Å². The number of aryl methyl sites for hydroxylation is 1. The van der Waals surface area contributed by atoms with Crippen LogP contribution in [-0.2, 0) is 39.8 Å². The number of Topliss-reactive ketones (excluding diaryl/α,β-unsaturated/α-hetero) is 1. The number of esters is 1. The molecular weight excluding hydrogens is 763 g/mol. The third-order valence-corrected chi connectivity index (χ3v) is 12.7. The number of amides is 1. The van der Waals surface area contributed by atoms with Crippen LogP contribution in [-0.4, -0.2) is 140 Å². The Hall–Kier alpha value is -4.00. The summed E-state index contributed by atoms with van der Waals surface area (Å²) in [7, 11) is 5.25. The molecule has 0 unspecified atom stereocenters. The number of methoxy groups -OCH3 is 1. The van der Waals surface area contributed by atoms with E-state index >= 15 is 0 Å². The van der Waals surface area contributed by atoms with Gasteiger partial charge in [0.2, 0.25) is 0 Å². The van der Waals surface area contributed by atoms with Crippen LogP contribution in [0.4, 0.5) is 4.79 Å². The van der Waals surface area contributed by atoms with Gasteiger partial charge in [0.1, 0.15) is 24.2 Å². The van der Waals surface area contributed by atoms with Gasteiger partial charge < -0.3 is 43.5 Å². The molecule has 1 amide bonds. The number of imidazole rings is 1. The Bertz CT molecular complexity index is 1780. The maximum Gasteiger partial charge on any atom is 0.425 e. The lowest BCUT2D eigenvalue weighted by Gasteiger charge is -2.47. The van der Waals surface area contributed by atoms with Gasteiger partial charge in [-0.05, 0) is 79.6 Å². The minimum Gasteiger partial charge on any atom is -0.458 e. The first-order valence-electron chi connectivity index (χ1n) is 20.7. The topological polar surface area (TPSA) is 199 Å². The highest BCUT2D eigenvalue weighted by Crippen LogP contribution is 2.43. The highest BCUT2D eigenvalue weighted by Gasteiger charge is 2.60. The molecule has 13 atom stereocenters. The molecule has 328 valence electrons. The van der Waals surface area contributed by atoms with Crippen LogP contribution < -0.4 is 5.43 Å². The van der Waals surface area contributed by atoms with Crippen molar-refractivity contribution in [2.24, 2.45) is 28.8 Å². The number of aliphatic hydroxyl groups is 1. The Morgan fingerprint density at radius 1 is 1.12 bits per heavy atom. The fourth-order valence-electron chi connectivity index (χ4n) is 9.34. The van der Waals surface area contributed by atoms with Gasteiger partial charge in [-0.2, -0.15) is 0 Å². The number of rotatable bonds is 11. The van der Waals surface area contributed by atoms with Crippen LogP contribution >= 0.6 is 0 Å². The van der Waals surface area contributed by atoms with Crippen LogP contribution in [0.25, 0.3) is 11.3 Å². The number of carbonyl (C=O) groups excluding carboxylic acids is 3. The van der Waals surface area contributed by atoms with Gasteiger partial charge in [0.05, 0.1) is 35.5 Å². The van der Waals surface area contributed by atoms with Crippen molar-refractivity contribution in [3.63, 3.8) is 0 Å². The van der Waals surface area contributed by atoms with Crippen molar-refractivity contribution in [1.29, 1.82) is 0 Å². The van der Waals surface area contributed by atoms with Gasteiger partial charge in [0, 0.05) is 68.1 Å². The van der Waals surface area contributed by atoms with E-state index in [0.717, 1.165) is 11.3 Å². The van der Waals surface area contributed by atoms with Crippen molar-refractivity contribution < 1.29 is 48.4 Å². The summed E-state index contributed by atoms with van der Waals surface area (Å²) in [5.41, 5.74) is 2.60. The summed E-state index contributed by atoms with van der Waals surface area (Å²) in [5, 5.41) is 27.5. The number of oxime groups is 1. The number of likely N-dealkylation sites (N-methyl/N-ethyl adjacent to an activating group) is 1. The predicted octanol–water partition coefficient (Wildman–Crippen LogP) is 4.30. The molecule has 0 radical (unpaired) electrons. The molecule has 3 fully saturated rings. The summed E-state index contributed by atoms with van der Waals surface area (Å²) < 4.78 is 33.3. The molecule has 5 heterocycles. The Morgan fingerprint density at radius 2 is 1.85 bits per heavy atom.